The Morgan fingerprint density at radius 3 is 2.64 bits per heavy atom. The second-order valence-electron chi connectivity index (χ2n) is 6.13. The van der Waals surface area contributed by atoms with Crippen molar-refractivity contribution in [2.24, 2.45) is 0 Å². The van der Waals surface area contributed by atoms with Gasteiger partial charge < -0.3 is 10.5 Å². The molecule has 3 aromatic heterocycles. The van der Waals surface area contributed by atoms with E-state index in [1.807, 2.05) is 41.0 Å². The lowest BCUT2D eigenvalue weighted by atomic mass is 10.2. The summed E-state index contributed by atoms with van der Waals surface area (Å²) in [5, 5.41) is 0.367. The van der Waals surface area contributed by atoms with Crippen LogP contribution in [0.25, 0.3) is 28.2 Å². The van der Waals surface area contributed by atoms with Crippen LogP contribution in [0, 0.1) is 0 Å². The predicted octanol–water partition coefficient (Wildman–Crippen LogP) is 3.78. The molecule has 4 aromatic rings. The van der Waals surface area contributed by atoms with E-state index in [9.17, 15) is 4.79 Å². The lowest BCUT2D eigenvalue weighted by Gasteiger charge is -2.11. The lowest BCUT2D eigenvalue weighted by molar-refractivity contribution is -0.142. The fraction of sp³-hybridized carbons (Fsp3) is 0.100. The molecule has 0 radical (unpaired) electrons. The summed E-state index contributed by atoms with van der Waals surface area (Å²) in [6, 6.07) is 14.7. The Bertz CT molecular complexity index is 1170. The van der Waals surface area contributed by atoms with Crippen molar-refractivity contribution in [1.82, 2.24) is 19.5 Å². The number of esters is 1. The van der Waals surface area contributed by atoms with Crippen LogP contribution >= 0.6 is 11.6 Å². The molecule has 0 saturated heterocycles. The van der Waals surface area contributed by atoms with Crippen LogP contribution < -0.4 is 5.73 Å². The Hall–Kier alpha value is -3.45. The van der Waals surface area contributed by atoms with Gasteiger partial charge >= 0.3 is 5.97 Å². The predicted molar refractivity (Wildman–Crippen MR) is 107 cm³/mol. The number of nitrogens with zero attached hydrogens (tertiary/aromatic N) is 4. The number of imidazole rings is 1. The summed E-state index contributed by atoms with van der Waals surface area (Å²) in [6.07, 6.45) is 1.63. The van der Waals surface area contributed by atoms with Gasteiger partial charge in [-0.1, -0.05) is 23.7 Å². The molecule has 0 aliphatic heterocycles. The van der Waals surface area contributed by atoms with Gasteiger partial charge in [0.1, 0.15) is 23.1 Å². The Kier molecular flexibility index (Phi) is 4.67. The molecule has 0 fully saturated rings. The van der Waals surface area contributed by atoms with Crippen LogP contribution in [0.2, 0.25) is 5.15 Å². The normalized spacial score (nSPS) is 10.9. The number of hydrogen-bond acceptors (Lipinski definition) is 6. The first kappa shape index (κ1) is 17.9. The van der Waals surface area contributed by atoms with Gasteiger partial charge in [0.05, 0.1) is 5.56 Å². The van der Waals surface area contributed by atoms with E-state index < -0.39 is 0 Å². The second kappa shape index (κ2) is 7.28. The van der Waals surface area contributed by atoms with Crippen LogP contribution in [-0.4, -0.2) is 25.5 Å². The zero-order valence-corrected chi connectivity index (χ0v) is 15.7. The van der Waals surface area contributed by atoms with E-state index in [-0.39, 0.29) is 12.6 Å². The molecule has 3 heterocycles. The third-order valence-electron chi connectivity index (χ3n) is 4.19. The standard InChI is InChI=1S/C20H16ClN5O2/c1-12(27)28-11-13-4-6-14(7-5-13)26-19(15-3-2-10-23-18(15)22)24-16-8-9-17(21)25-20(16)26/h2-10H,11H2,1H3,(H2,22,23). The first-order chi connectivity index (χ1) is 13.5. The maximum atomic E-state index is 11.0. The minimum atomic E-state index is -0.321. The Balaban J connectivity index is 1.87. The number of hydrogen-bond donors (Lipinski definition) is 1. The SMILES string of the molecule is CC(=O)OCc1ccc(-n2c(-c3cccnc3N)nc3ccc(Cl)nc32)cc1. The van der Waals surface area contributed by atoms with Crippen molar-refractivity contribution in [2.75, 3.05) is 5.73 Å². The van der Waals surface area contributed by atoms with E-state index >= 15 is 0 Å². The molecule has 0 aliphatic carbocycles. The molecule has 0 saturated carbocycles. The van der Waals surface area contributed by atoms with Crippen molar-refractivity contribution in [1.29, 1.82) is 0 Å². The molecule has 7 nitrogen and oxygen atoms in total. The highest BCUT2D eigenvalue weighted by Crippen LogP contribution is 2.30. The Morgan fingerprint density at radius 1 is 1.14 bits per heavy atom. The molecule has 0 unspecified atom stereocenters. The molecule has 0 aliphatic rings. The number of nitrogens with two attached hydrogens (primary N) is 1. The number of pyridine rings is 2. The Labute approximate surface area is 165 Å². The number of benzene rings is 1. The maximum absolute atomic E-state index is 11.0. The van der Waals surface area contributed by atoms with E-state index in [1.165, 1.54) is 6.92 Å². The largest absolute Gasteiger partial charge is 0.461 e. The lowest BCUT2D eigenvalue weighted by Crippen LogP contribution is -2.03. The third-order valence-corrected chi connectivity index (χ3v) is 4.40. The molecule has 2 N–H and O–H groups in total. The molecule has 8 heteroatoms. The molecule has 28 heavy (non-hydrogen) atoms. The van der Waals surface area contributed by atoms with Gasteiger partial charge in [-0.15, -0.1) is 0 Å². The summed E-state index contributed by atoms with van der Waals surface area (Å²) in [5.41, 5.74) is 9.77. The smallest absolute Gasteiger partial charge is 0.302 e. The minimum Gasteiger partial charge on any atom is -0.461 e. The number of rotatable bonds is 4. The number of carbonyl (C=O) groups is 1. The van der Waals surface area contributed by atoms with Crippen molar-refractivity contribution in [3.8, 4) is 17.1 Å². The van der Waals surface area contributed by atoms with Crippen LogP contribution in [-0.2, 0) is 16.1 Å². The summed E-state index contributed by atoms with van der Waals surface area (Å²) in [5.74, 6) is 0.664. The number of carbonyl (C=O) groups excluding carboxylic acids is 1. The molecular weight excluding hydrogens is 378 g/mol. The van der Waals surface area contributed by atoms with Gasteiger partial charge in [-0.3, -0.25) is 9.36 Å². The highest BCUT2D eigenvalue weighted by atomic mass is 35.5. The number of fused-ring (bicyclic) bond motifs is 1. The van der Waals surface area contributed by atoms with Crippen molar-refractivity contribution < 1.29 is 9.53 Å². The van der Waals surface area contributed by atoms with Crippen LogP contribution in [0.5, 0.6) is 0 Å². The molecule has 4 rings (SSSR count). The summed E-state index contributed by atoms with van der Waals surface area (Å²) >= 11 is 6.12. The molecular formula is C20H16ClN5O2. The van der Waals surface area contributed by atoms with Crippen LogP contribution in [0.4, 0.5) is 5.82 Å². The molecule has 0 amide bonds. The van der Waals surface area contributed by atoms with Gasteiger partial charge in [0.2, 0.25) is 0 Å². The first-order valence-corrected chi connectivity index (χ1v) is 8.89. The second-order valence-corrected chi connectivity index (χ2v) is 6.52. The van der Waals surface area contributed by atoms with E-state index in [0.717, 1.165) is 11.3 Å². The Morgan fingerprint density at radius 2 is 1.93 bits per heavy atom. The van der Waals surface area contributed by atoms with Gasteiger partial charge in [0, 0.05) is 18.8 Å². The fourth-order valence-corrected chi connectivity index (χ4v) is 3.04. The molecule has 0 spiro atoms. The number of nitrogen functional groups attached to an aromatic ring is 1. The third kappa shape index (κ3) is 3.39. The van der Waals surface area contributed by atoms with Crippen LogP contribution in [0.3, 0.4) is 0 Å². The fourth-order valence-electron chi connectivity index (χ4n) is 2.89. The number of ether oxygens (including phenoxy) is 1. The monoisotopic (exact) mass is 393 g/mol. The maximum Gasteiger partial charge on any atom is 0.302 e. The minimum absolute atomic E-state index is 0.215. The van der Waals surface area contributed by atoms with Gasteiger partial charge in [-0.25, -0.2) is 15.0 Å². The van der Waals surface area contributed by atoms with Gasteiger partial charge in [-0.05, 0) is 42.0 Å². The average Bonchev–Trinajstić information content (AvgIpc) is 3.05. The van der Waals surface area contributed by atoms with E-state index in [1.54, 1.807) is 18.3 Å². The van der Waals surface area contributed by atoms with E-state index in [0.29, 0.717) is 33.5 Å². The van der Waals surface area contributed by atoms with Gasteiger partial charge in [-0.2, -0.15) is 0 Å². The zero-order chi connectivity index (χ0) is 19.7. The quantitative estimate of drug-likeness (QED) is 0.418. The zero-order valence-electron chi connectivity index (χ0n) is 15.0. The van der Waals surface area contributed by atoms with Crippen molar-refractivity contribution >= 4 is 34.6 Å². The van der Waals surface area contributed by atoms with Crippen molar-refractivity contribution in [3.05, 3.63) is 65.4 Å². The summed E-state index contributed by atoms with van der Waals surface area (Å²) < 4.78 is 6.92. The topological polar surface area (TPSA) is 95.9 Å². The molecule has 0 bridgehead atoms. The molecule has 140 valence electrons. The first-order valence-electron chi connectivity index (χ1n) is 8.51. The number of aromatic nitrogens is 4. The van der Waals surface area contributed by atoms with Crippen LogP contribution in [0.15, 0.2) is 54.7 Å². The molecule has 1 aromatic carbocycles. The summed E-state index contributed by atoms with van der Waals surface area (Å²) in [6.45, 7) is 1.60. The van der Waals surface area contributed by atoms with Crippen LogP contribution in [0.1, 0.15) is 12.5 Å². The molecule has 0 atom stereocenters. The highest BCUT2D eigenvalue weighted by molar-refractivity contribution is 6.29. The average molecular weight is 394 g/mol. The summed E-state index contributed by atoms with van der Waals surface area (Å²) in [4.78, 5) is 24.3. The van der Waals surface area contributed by atoms with E-state index in [4.69, 9.17) is 27.1 Å². The van der Waals surface area contributed by atoms with Gasteiger partial charge in [0.15, 0.2) is 11.5 Å². The number of halogens is 1. The van der Waals surface area contributed by atoms with Crippen molar-refractivity contribution in [2.45, 2.75) is 13.5 Å². The van der Waals surface area contributed by atoms with Crippen molar-refractivity contribution in [3.63, 3.8) is 0 Å². The van der Waals surface area contributed by atoms with Gasteiger partial charge in [0.25, 0.3) is 0 Å². The number of anilines is 1. The van der Waals surface area contributed by atoms with E-state index in [2.05, 4.69) is 9.97 Å². The summed E-state index contributed by atoms with van der Waals surface area (Å²) in [7, 11) is 0. The highest BCUT2D eigenvalue weighted by Gasteiger charge is 2.18.